The molecule has 0 aliphatic carbocycles. The monoisotopic (exact) mass is 269 g/mol. The van der Waals surface area contributed by atoms with Crippen molar-refractivity contribution < 1.29 is 13.2 Å². The largest absolute Gasteiger partial charge is 0.493 e. The lowest BCUT2D eigenvalue weighted by Crippen LogP contribution is -2.16. The summed E-state index contributed by atoms with van der Waals surface area (Å²) in [7, 11) is -2.97. The molecule has 0 amide bonds. The number of aryl methyl sites for hydroxylation is 1. The molecular formula is C13H19NO3S. The third-order valence-corrected chi connectivity index (χ3v) is 4.85. The van der Waals surface area contributed by atoms with Gasteiger partial charge in [0.25, 0.3) is 0 Å². The Morgan fingerprint density at radius 2 is 2.11 bits per heavy atom. The topological polar surface area (TPSA) is 69.4 Å². The molecule has 0 saturated carbocycles. The van der Waals surface area contributed by atoms with E-state index in [2.05, 4.69) is 6.07 Å². The average molecular weight is 269 g/mol. The lowest BCUT2D eigenvalue weighted by molar-refractivity contribution is 0.357. The molecule has 0 atom stereocenters. The molecule has 1 aliphatic heterocycles. The van der Waals surface area contributed by atoms with Gasteiger partial charge in [-0.3, -0.25) is 0 Å². The maximum Gasteiger partial charge on any atom is 0.150 e. The Labute approximate surface area is 108 Å². The number of hydrogen-bond donors (Lipinski definition) is 1. The van der Waals surface area contributed by atoms with Crippen molar-refractivity contribution in [1.82, 2.24) is 0 Å². The smallest absolute Gasteiger partial charge is 0.150 e. The van der Waals surface area contributed by atoms with E-state index < -0.39 is 9.84 Å². The first kappa shape index (κ1) is 13.4. The summed E-state index contributed by atoms with van der Waals surface area (Å²) < 4.78 is 28.9. The van der Waals surface area contributed by atoms with Crippen LogP contribution in [0, 0.1) is 0 Å². The van der Waals surface area contributed by atoms with Gasteiger partial charge >= 0.3 is 0 Å². The highest BCUT2D eigenvalue weighted by atomic mass is 32.2. The standard InChI is InChI=1S/C13H19NO3S/c14-6-1-8-18(15,16)9-5-11-2-3-13-12(10-11)4-7-17-13/h2-3,10H,1,4-9,14H2. The molecule has 0 aromatic heterocycles. The van der Waals surface area contributed by atoms with Gasteiger partial charge in [-0.15, -0.1) is 0 Å². The van der Waals surface area contributed by atoms with Crippen LogP contribution in [0.2, 0.25) is 0 Å². The molecule has 1 aromatic rings. The highest BCUT2D eigenvalue weighted by Crippen LogP contribution is 2.26. The van der Waals surface area contributed by atoms with Gasteiger partial charge in [0.05, 0.1) is 18.1 Å². The number of fused-ring (bicyclic) bond motifs is 1. The minimum atomic E-state index is -2.97. The molecule has 0 unspecified atom stereocenters. The molecule has 100 valence electrons. The summed E-state index contributed by atoms with van der Waals surface area (Å²) in [5, 5.41) is 0. The van der Waals surface area contributed by atoms with Crippen molar-refractivity contribution >= 4 is 9.84 Å². The van der Waals surface area contributed by atoms with Gasteiger partial charge < -0.3 is 10.5 Å². The fourth-order valence-corrected chi connectivity index (χ4v) is 3.43. The highest BCUT2D eigenvalue weighted by Gasteiger charge is 2.14. The summed E-state index contributed by atoms with van der Waals surface area (Å²) in [5.41, 5.74) is 7.58. The Kier molecular flexibility index (Phi) is 4.24. The van der Waals surface area contributed by atoms with Crippen LogP contribution in [0.25, 0.3) is 0 Å². The molecule has 5 heteroatoms. The second-order valence-corrected chi connectivity index (χ2v) is 6.89. The Morgan fingerprint density at radius 3 is 2.89 bits per heavy atom. The maximum atomic E-state index is 11.7. The Balaban J connectivity index is 1.94. The van der Waals surface area contributed by atoms with Crippen LogP contribution in [-0.2, 0) is 22.7 Å². The summed E-state index contributed by atoms with van der Waals surface area (Å²) in [6.07, 6.45) is 2.03. The predicted molar refractivity (Wildman–Crippen MR) is 71.7 cm³/mol. The van der Waals surface area contributed by atoms with E-state index in [4.69, 9.17) is 10.5 Å². The lowest BCUT2D eigenvalue weighted by Gasteiger charge is -2.05. The van der Waals surface area contributed by atoms with Crippen molar-refractivity contribution in [1.29, 1.82) is 0 Å². The lowest BCUT2D eigenvalue weighted by atomic mass is 10.1. The molecule has 18 heavy (non-hydrogen) atoms. The van der Waals surface area contributed by atoms with Gasteiger partial charge in [-0.25, -0.2) is 8.42 Å². The SMILES string of the molecule is NCCCS(=O)(=O)CCc1ccc2c(c1)CCO2. The summed E-state index contributed by atoms with van der Waals surface area (Å²) in [6, 6.07) is 5.94. The fourth-order valence-electron chi connectivity index (χ4n) is 2.07. The molecule has 0 fully saturated rings. The summed E-state index contributed by atoms with van der Waals surface area (Å²) >= 11 is 0. The van der Waals surface area contributed by atoms with Crippen LogP contribution >= 0.6 is 0 Å². The molecule has 1 heterocycles. The maximum absolute atomic E-state index is 11.7. The van der Waals surface area contributed by atoms with Crippen LogP contribution in [0.5, 0.6) is 5.75 Å². The number of hydrogen-bond acceptors (Lipinski definition) is 4. The minimum absolute atomic E-state index is 0.192. The summed E-state index contributed by atoms with van der Waals surface area (Å²) in [6.45, 7) is 1.16. The number of ether oxygens (including phenoxy) is 1. The predicted octanol–water partition coefficient (Wildman–Crippen LogP) is 0.928. The number of benzene rings is 1. The molecule has 1 aliphatic rings. The zero-order chi connectivity index (χ0) is 13.0. The number of nitrogens with two attached hydrogens (primary N) is 1. The molecule has 4 nitrogen and oxygen atoms in total. The zero-order valence-electron chi connectivity index (χ0n) is 10.4. The van der Waals surface area contributed by atoms with Gasteiger partial charge in [0, 0.05) is 6.42 Å². The quantitative estimate of drug-likeness (QED) is 0.834. The van der Waals surface area contributed by atoms with Crippen LogP contribution in [-0.4, -0.2) is 33.1 Å². The van der Waals surface area contributed by atoms with Crippen molar-refractivity contribution in [2.45, 2.75) is 19.3 Å². The van der Waals surface area contributed by atoms with E-state index in [1.807, 2.05) is 12.1 Å². The normalized spacial score (nSPS) is 14.3. The van der Waals surface area contributed by atoms with Crippen LogP contribution in [0.15, 0.2) is 18.2 Å². The molecule has 0 spiro atoms. The molecule has 2 rings (SSSR count). The van der Waals surface area contributed by atoms with Gasteiger partial charge in [-0.1, -0.05) is 12.1 Å². The Bertz CT molecular complexity index is 511. The average Bonchev–Trinajstić information content (AvgIpc) is 2.81. The van der Waals surface area contributed by atoms with Crippen molar-refractivity contribution in [2.75, 3.05) is 24.7 Å². The molecule has 2 N–H and O–H groups in total. The second-order valence-electron chi connectivity index (χ2n) is 4.58. The molecule has 0 bridgehead atoms. The highest BCUT2D eigenvalue weighted by molar-refractivity contribution is 7.91. The van der Waals surface area contributed by atoms with Crippen LogP contribution < -0.4 is 10.5 Å². The molecule has 0 saturated heterocycles. The van der Waals surface area contributed by atoms with Gasteiger partial charge in [-0.2, -0.15) is 0 Å². The number of sulfone groups is 1. The van der Waals surface area contributed by atoms with Gasteiger partial charge in [-0.05, 0) is 36.6 Å². The van der Waals surface area contributed by atoms with E-state index in [9.17, 15) is 8.42 Å². The zero-order valence-corrected chi connectivity index (χ0v) is 11.2. The second kappa shape index (κ2) is 5.71. The van der Waals surface area contributed by atoms with E-state index in [1.54, 1.807) is 0 Å². The van der Waals surface area contributed by atoms with E-state index in [0.717, 1.165) is 24.3 Å². The van der Waals surface area contributed by atoms with Crippen LogP contribution in [0.1, 0.15) is 17.5 Å². The third-order valence-electron chi connectivity index (χ3n) is 3.12. The first-order valence-electron chi connectivity index (χ1n) is 6.26. The van der Waals surface area contributed by atoms with E-state index >= 15 is 0 Å². The first-order valence-corrected chi connectivity index (χ1v) is 8.08. The van der Waals surface area contributed by atoms with E-state index in [0.29, 0.717) is 19.4 Å². The first-order chi connectivity index (χ1) is 8.61. The summed E-state index contributed by atoms with van der Waals surface area (Å²) in [5.74, 6) is 1.33. The number of rotatable bonds is 6. The van der Waals surface area contributed by atoms with E-state index in [1.165, 1.54) is 5.56 Å². The summed E-state index contributed by atoms with van der Waals surface area (Å²) in [4.78, 5) is 0. The van der Waals surface area contributed by atoms with Gasteiger partial charge in [0.15, 0.2) is 9.84 Å². The molecule has 0 radical (unpaired) electrons. The van der Waals surface area contributed by atoms with Crippen molar-refractivity contribution in [3.8, 4) is 5.75 Å². The van der Waals surface area contributed by atoms with Crippen molar-refractivity contribution in [3.05, 3.63) is 29.3 Å². The Morgan fingerprint density at radius 1 is 1.28 bits per heavy atom. The van der Waals surface area contributed by atoms with Crippen molar-refractivity contribution in [3.63, 3.8) is 0 Å². The minimum Gasteiger partial charge on any atom is -0.493 e. The fraction of sp³-hybridized carbons (Fsp3) is 0.538. The Hall–Kier alpha value is -1.07. The molecule has 1 aromatic carbocycles. The van der Waals surface area contributed by atoms with Gasteiger partial charge in [0.1, 0.15) is 5.75 Å². The van der Waals surface area contributed by atoms with Crippen LogP contribution in [0.3, 0.4) is 0 Å². The van der Waals surface area contributed by atoms with Gasteiger partial charge in [0.2, 0.25) is 0 Å². The van der Waals surface area contributed by atoms with Crippen molar-refractivity contribution in [2.24, 2.45) is 5.73 Å². The third kappa shape index (κ3) is 3.46. The molecular weight excluding hydrogens is 250 g/mol. The van der Waals surface area contributed by atoms with Crippen LogP contribution in [0.4, 0.5) is 0 Å². The van der Waals surface area contributed by atoms with E-state index in [-0.39, 0.29) is 11.5 Å².